The minimum atomic E-state index is -1.47. The number of rotatable bonds is 16. The molecule has 5 atom stereocenters. The number of H-pyrrole nitrogens is 1. The van der Waals surface area contributed by atoms with Crippen LogP contribution in [0.1, 0.15) is 90.1 Å². The summed E-state index contributed by atoms with van der Waals surface area (Å²) in [5.74, 6) is -3.40. The van der Waals surface area contributed by atoms with E-state index in [0.29, 0.717) is 17.7 Å². The number of esters is 4. The smallest absolute Gasteiger partial charge is 0.303 e. The van der Waals surface area contributed by atoms with Crippen molar-refractivity contribution >= 4 is 35.7 Å². The van der Waals surface area contributed by atoms with E-state index in [2.05, 4.69) is 15.5 Å². The molecular formula is C35H48N4O13. The lowest BCUT2D eigenvalue weighted by Crippen LogP contribution is -2.63. The summed E-state index contributed by atoms with van der Waals surface area (Å²) < 4.78 is 39.8. The molecule has 1 aromatic heterocycles. The monoisotopic (exact) mass is 732 g/mol. The van der Waals surface area contributed by atoms with Gasteiger partial charge >= 0.3 is 23.9 Å². The molecule has 0 aliphatic carbocycles. The number of aromatic amines is 1. The van der Waals surface area contributed by atoms with E-state index in [1.54, 1.807) is 6.07 Å². The van der Waals surface area contributed by atoms with Gasteiger partial charge in [-0.25, -0.2) is 0 Å². The number of hydrogen-bond acceptors (Lipinski definition) is 14. The van der Waals surface area contributed by atoms with Gasteiger partial charge in [0.05, 0.1) is 13.0 Å². The third-order valence-electron chi connectivity index (χ3n) is 7.96. The minimum absolute atomic E-state index is 0.00419. The first-order chi connectivity index (χ1) is 24.3. The van der Waals surface area contributed by atoms with Crippen molar-refractivity contribution in [2.24, 2.45) is 5.73 Å². The first-order valence-corrected chi connectivity index (χ1v) is 16.7. The minimum Gasteiger partial charge on any atom is -0.493 e. The summed E-state index contributed by atoms with van der Waals surface area (Å²) in [6, 6.07) is 5.43. The molecule has 0 saturated carbocycles. The molecule has 1 aliphatic heterocycles. The lowest BCUT2D eigenvalue weighted by Gasteiger charge is -2.43. The third-order valence-corrected chi connectivity index (χ3v) is 7.96. The molecule has 3 rings (SSSR count). The summed E-state index contributed by atoms with van der Waals surface area (Å²) in [4.78, 5) is 72.1. The van der Waals surface area contributed by atoms with Crippen LogP contribution >= 0.6 is 0 Å². The van der Waals surface area contributed by atoms with E-state index in [1.165, 1.54) is 20.8 Å². The number of aryl methyl sites for hydroxylation is 1. The number of nitrogens with one attached hydrogen (secondary N) is 2. The number of primary amides is 1. The van der Waals surface area contributed by atoms with Crippen LogP contribution < -0.4 is 20.5 Å². The Kier molecular flexibility index (Phi) is 14.1. The van der Waals surface area contributed by atoms with Gasteiger partial charge in [0, 0.05) is 45.4 Å². The molecule has 17 heteroatoms. The number of nitrogens with two attached hydrogens (primary N) is 1. The van der Waals surface area contributed by atoms with Gasteiger partial charge in [-0.2, -0.15) is 0 Å². The summed E-state index contributed by atoms with van der Waals surface area (Å²) in [6.07, 6.45) is -6.53. The van der Waals surface area contributed by atoms with E-state index in [-0.39, 0.29) is 30.7 Å². The fourth-order valence-electron chi connectivity index (χ4n) is 5.38. The zero-order chi connectivity index (χ0) is 38.9. The number of aromatic nitrogens is 2. The Labute approximate surface area is 301 Å². The van der Waals surface area contributed by atoms with Crippen molar-refractivity contribution in [2.75, 3.05) is 13.2 Å². The van der Waals surface area contributed by atoms with Crippen LogP contribution in [0.15, 0.2) is 18.2 Å². The molecule has 0 radical (unpaired) electrons. The average molecular weight is 733 g/mol. The lowest BCUT2D eigenvalue weighted by molar-refractivity contribution is -0.289. The molecule has 52 heavy (non-hydrogen) atoms. The molecule has 1 aliphatic rings. The summed E-state index contributed by atoms with van der Waals surface area (Å²) in [5, 5.41) is 9.98. The van der Waals surface area contributed by atoms with Gasteiger partial charge in [-0.3, -0.25) is 33.9 Å². The molecule has 4 N–H and O–H groups in total. The molecule has 1 saturated heterocycles. The Hall–Kier alpha value is -5.19. The quantitative estimate of drug-likeness (QED) is 0.166. The maximum absolute atomic E-state index is 12.3. The van der Waals surface area contributed by atoms with Gasteiger partial charge in [0.2, 0.25) is 30.1 Å². The summed E-state index contributed by atoms with van der Waals surface area (Å²) >= 11 is 0. The van der Waals surface area contributed by atoms with Crippen molar-refractivity contribution in [3.63, 3.8) is 0 Å². The molecule has 1 aromatic carbocycles. The molecule has 1 fully saturated rings. The predicted octanol–water partition coefficient (Wildman–Crippen LogP) is 2.04. The Bertz CT molecular complexity index is 1640. The molecule has 0 spiro atoms. The third kappa shape index (κ3) is 11.4. The summed E-state index contributed by atoms with van der Waals surface area (Å²) in [6.45, 7) is 13.1. The normalized spacial score (nSPS) is 20.0. The zero-order valence-electron chi connectivity index (χ0n) is 30.9. The molecular weight excluding hydrogens is 684 g/mol. The molecule has 1 unspecified atom stereocenters. The number of amides is 2. The van der Waals surface area contributed by atoms with Gasteiger partial charge in [0.25, 0.3) is 0 Å². The van der Waals surface area contributed by atoms with Crippen molar-refractivity contribution in [3.8, 4) is 11.6 Å². The van der Waals surface area contributed by atoms with E-state index in [0.717, 1.165) is 37.6 Å². The van der Waals surface area contributed by atoms with Crippen molar-refractivity contribution < 1.29 is 61.9 Å². The van der Waals surface area contributed by atoms with Gasteiger partial charge in [-0.05, 0) is 49.9 Å². The Morgan fingerprint density at radius 2 is 1.56 bits per heavy atom. The van der Waals surface area contributed by atoms with Crippen molar-refractivity contribution in [3.05, 3.63) is 40.6 Å². The van der Waals surface area contributed by atoms with Crippen LogP contribution in [0.5, 0.6) is 11.6 Å². The fraction of sp³-hybridized carbons (Fsp3) is 0.571. The first kappa shape index (κ1) is 41.2. The number of carbonyl (C=O) groups is 6. The second kappa shape index (κ2) is 17.8. The first-order valence-electron chi connectivity index (χ1n) is 16.7. The predicted molar refractivity (Wildman–Crippen MR) is 181 cm³/mol. The number of hydrogen-bond donors (Lipinski definition) is 3. The maximum Gasteiger partial charge on any atom is 0.303 e. The second-order valence-corrected chi connectivity index (χ2v) is 13.2. The Balaban J connectivity index is 1.90. The zero-order valence-corrected chi connectivity index (χ0v) is 30.9. The molecule has 17 nitrogen and oxygen atoms in total. The van der Waals surface area contributed by atoms with Crippen LogP contribution in [0.25, 0.3) is 0 Å². The highest BCUT2D eigenvalue weighted by atomic mass is 16.7. The van der Waals surface area contributed by atoms with Crippen LogP contribution in [0, 0.1) is 6.92 Å². The Morgan fingerprint density at radius 3 is 2.12 bits per heavy atom. The van der Waals surface area contributed by atoms with E-state index in [9.17, 15) is 28.8 Å². The highest BCUT2D eigenvalue weighted by Gasteiger charge is 2.53. The molecule has 286 valence electrons. The maximum atomic E-state index is 12.3. The standard InChI is InChI=1S/C35H48N4O13/c1-17(2)28-25(15-23-10-11-24(14-18(23)3)46-13-12-27(44)37-35(8,9)34(36)45)32(39-38-28)52-33-31(50-22(7)43)30(49-21(6)42)29(48-20(5)41)26(51-33)16-47-19(4)40/h10-11,14,17,26,29-31,33H,12-13,15-16H2,1-9H3,(H2,36,45)(H,37,44)(H,38,39)/t26-,29-,30+,31-,33?/m1/s1. The molecule has 0 bridgehead atoms. The van der Waals surface area contributed by atoms with E-state index < -0.39 is 72.6 Å². The van der Waals surface area contributed by atoms with Gasteiger partial charge < -0.3 is 44.2 Å². The van der Waals surface area contributed by atoms with Gasteiger partial charge in [0.1, 0.15) is 24.0 Å². The van der Waals surface area contributed by atoms with Crippen LogP contribution in [0.3, 0.4) is 0 Å². The highest BCUT2D eigenvalue weighted by Crippen LogP contribution is 2.34. The van der Waals surface area contributed by atoms with Crippen LogP contribution in [0.2, 0.25) is 0 Å². The van der Waals surface area contributed by atoms with Gasteiger partial charge in [0.15, 0.2) is 12.2 Å². The topological polar surface area (TPSA) is 234 Å². The lowest BCUT2D eigenvalue weighted by atomic mass is 9.96. The van der Waals surface area contributed by atoms with Gasteiger partial charge in [-0.15, -0.1) is 5.10 Å². The number of benzene rings is 1. The van der Waals surface area contributed by atoms with Crippen molar-refractivity contribution in [2.45, 2.75) is 117 Å². The summed E-state index contributed by atoms with van der Waals surface area (Å²) in [7, 11) is 0. The Morgan fingerprint density at radius 1 is 0.942 bits per heavy atom. The van der Waals surface area contributed by atoms with Crippen molar-refractivity contribution in [1.82, 2.24) is 15.5 Å². The number of carbonyl (C=O) groups excluding carboxylic acids is 6. The van der Waals surface area contributed by atoms with E-state index >= 15 is 0 Å². The number of nitrogens with zero attached hydrogens (tertiary/aromatic N) is 1. The molecule has 2 amide bonds. The van der Waals surface area contributed by atoms with Crippen molar-refractivity contribution in [1.29, 1.82) is 0 Å². The largest absolute Gasteiger partial charge is 0.493 e. The molecule has 2 heterocycles. The average Bonchev–Trinajstić information content (AvgIpc) is 3.41. The van der Waals surface area contributed by atoms with Gasteiger partial charge in [-0.1, -0.05) is 19.9 Å². The van der Waals surface area contributed by atoms with E-state index in [4.69, 9.17) is 38.9 Å². The van der Waals surface area contributed by atoms with E-state index in [1.807, 2.05) is 32.9 Å². The highest BCUT2D eigenvalue weighted by molar-refractivity contribution is 5.89. The SMILES string of the molecule is CC(=O)OC[C@H]1OC(Oc2n[nH]c(C(C)C)c2Cc2ccc(OCCC(=O)NC(C)(C)C(N)=O)cc2C)[C@H](OC(C)=O)[C@@H](OC(C)=O)[C@@H]1OC(C)=O. The van der Waals surface area contributed by atoms with Crippen LogP contribution in [-0.2, 0) is 58.9 Å². The number of ether oxygens (including phenoxy) is 7. The van der Waals surface area contributed by atoms with Crippen LogP contribution in [-0.4, -0.2) is 95.3 Å². The second-order valence-electron chi connectivity index (χ2n) is 13.2. The molecule has 2 aromatic rings. The van der Waals surface area contributed by atoms with Crippen LogP contribution in [0.4, 0.5) is 0 Å². The fourth-order valence-corrected chi connectivity index (χ4v) is 5.38. The summed E-state index contributed by atoms with van der Waals surface area (Å²) in [5.41, 5.74) is 7.25.